The second kappa shape index (κ2) is 4.05. The Kier molecular flexibility index (Phi) is 3.03. The lowest BCUT2D eigenvalue weighted by Gasteiger charge is -2.11. The summed E-state index contributed by atoms with van der Waals surface area (Å²) in [5, 5.41) is 0. The van der Waals surface area contributed by atoms with Gasteiger partial charge in [0.2, 0.25) is 5.91 Å². The quantitative estimate of drug-likeness (QED) is 0.716. The number of rotatable bonds is 3. The molecule has 0 aliphatic heterocycles. The van der Waals surface area contributed by atoms with Gasteiger partial charge in [0.25, 0.3) is 0 Å². The number of benzene rings is 1. The summed E-state index contributed by atoms with van der Waals surface area (Å²) in [7, 11) is 0. The van der Waals surface area contributed by atoms with Gasteiger partial charge < -0.3 is 11.5 Å². The van der Waals surface area contributed by atoms with Crippen molar-refractivity contribution in [3.63, 3.8) is 0 Å². The van der Waals surface area contributed by atoms with Crippen LogP contribution in [0.5, 0.6) is 0 Å². The Hall–Kier alpha value is -1.35. The van der Waals surface area contributed by atoms with Crippen molar-refractivity contribution in [1.82, 2.24) is 0 Å². The molecule has 0 aliphatic rings. The maximum atomic E-state index is 10.9. The molecule has 0 saturated carbocycles. The molecule has 3 heteroatoms. The molecule has 0 fully saturated rings. The zero-order valence-electron chi connectivity index (χ0n) is 7.66. The molecule has 0 aliphatic carbocycles. The number of amides is 1. The minimum Gasteiger partial charge on any atom is -0.368 e. The molecule has 1 aromatic rings. The van der Waals surface area contributed by atoms with Gasteiger partial charge in [-0.1, -0.05) is 31.2 Å². The zero-order valence-corrected chi connectivity index (χ0v) is 7.66. The first-order valence-electron chi connectivity index (χ1n) is 4.29. The van der Waals surface area contributed by atoms with E-state index in [4.69, 9.17) is 11.5 Å². The van der Waals surface area contributed by atoms with Gasteiger partial charge in [-0.2, -0.15) is 0 Å². The fourth-order valence-corrected chi connectivity index (χ4v) is 1.31. The zero-order chi connectivity index (χ0) is 9.84. The summed E-state index contributed by atoms with van der Waals surface area (Å²) in [6.45, 7) is 2.02. The molecule has 0 saturated heterocycles. The van der Waals surface area contributed by atoms with Crippen molar-refractivity contribution in [2.75, 3.05) is 0 Å². The lowest BCUT2D eigenvalue weighted by Crippen LogP contribution is -2.29. The molecule has 3 nitrogen and oxygen atoms in total. The van der Waals surface area contributed by atoms with E-state index in [1.54, 1.807) is 0 Å². The third-order valence-electron chi connectivity index (χ3n) is 2.08. The van der Waals surface area contributed by atoms with Crippen molar-refractivity contribution in [2.45, 2.75) is 19.4 Å². The number of nitrogens with two attached hydrogens (primary N) is 2. The number of primary amides is 1. The first-order valence-corrected chi connectivity index (χ1v) is 4.29. The molecule has 1 aromatic carbocycles. The van der Waals surface area contributed by atoms with Crippen molar-refractivity contribution in [2.24, 2.45) is 11.5 Å². The lowest BCUT2D eigenvalue weighted by atomic mass is 9.99. The Morgan fingerprint density at radius 3 is 2.62 bits per heavy atom. The fourth-order valence-electron chi connectivity index (χ4n) is 1.31. The van der Waals surface area contributed by atoms with E-state index in [1.165, 1.54) is 0 Å². The van der Waals surface area contributed by atoms with Crippen LogP contribution in [0, 0.1) is 0 Å². The highest BCUT2D eigenvalue weighted by Crippen LogP contribution is 2.15. The molecule has 13 heavy (non-hydrogen) atoms. The molecular weight excluding hydrogens is 164 g/mol. The summed E-state index contributed by atoms with van der Waals surface area (Å²) in [4.78, 5) is 10.9. The van der Waals surface area contributed by atoms with Gasteiger partial charge in [-0.15, -0.1) is 0 Å². The molecule has 1 rings (SSSR count). The smallest absolute Gasteiger partial charge is 0.238 e. The largest absolute Gasteiger partial charge is 0.368 e. The van der Waals surface area contributed by atoms with Crippen LogP contribution in [0.15, 0.2) is 24.3 Å². The first kappa shape index (κ1) is 9.74. The predicted molar refractivity (Wildman–Crippen MR) is 51.9 cm³/mol. The van der Waals surface area contributed by atoms with E-state index in [0.29, 0.717) is 0 Å². The normalized spacial score (nSPS) is 12.5. The maximum absolute atomic E-state index is 10.9. The van der Waals surface area contributed by atoms with E-state index in [0.717, 1.165) is 17.5 Å². The van der Waals surface area contributed by atoms with Gasteiger partial charge in [-0.25, -0.2) is 0 Å². The van der Waals surface area contributed by atoms with Crippen LogP contribution in [0.4, 0.5) is 0 Å². The van der Waals surface area contributed by atoms with Crippen molar-refractivity contribution >= 4 is 5.91 Å². The summed E-state index contributed by atoms with van der Waals surface area (Å²) in [5.74, 6) is -0.485. The highest BCUT2D eigenvalue weighted by molar-refractivity contribution is 5.81. The van der Waals surface area contributed by atoms with Gasteiger partial charge in [0.1, 0.15) is 6.04 Å². The number of hydrogen-bond donors (Lipinski definition) is 2. The molecule has 0 spiro atoms. The Bertz CT molecular complexity index is 310. The lowest BCUT2D eigenvalue weighted by molar-refractivity contribution is -0.119. The molecule has 0 aromatic heterocycles. The van der Waals surface area contributed by atoms with E-state index >= 15 is 0 Å². The average Bonchev–Trinajstić information content (AvgIpc) is 2.16. The van der Waals surface area contributed by atoms with Crippen LogP contribution in [-0.2, 0) is 11.2 Å². The summed E-state index contributed by atoms with van der Waals surface area (Å²) < 4.78 is 0. The predicted octanol–water partition coefficient (Wildman–Crippen LogP) is 0.734. The van der Waals surface area contributed by atoms with Crippen LogP contribution >= 0.6 is 0 Å². The maximum Gasteiger partial charge on any atom is 0.238 e. The Morgan fingerprint density at radius 1 is 1.46 bits per heavy atom. The van der Waals surface area contributed by atoms with Crippen LogP contribution in [-0.4, -0.2) is 5.91 Å². The molecule has 0 heterocycles. The highest BCUT2D eigenvalue weighted by Gasteiger charge is 2.14. The molecule has 70 valence electrons. The van der Waals surface area contributed by atoms with Gasteiger partial charge in [-0.3, -0.25) is 4.79 Å². The molecule has 1 unspecified atom stereocenters. The summed E-state index contributed by atoms with van der Waals surface area (Å²) >= 11 is 0. The second-order valence-electron chi connectivity index (χ2n) is 2.93. The minimum atomic E-state index is -0.684. The van der Waals surface area contributed by atoms with Crippen LogP contribution < -0.4 is 11.5 Å². The van der Waals surface area contributed by atoms with E-state index in [-0.39, 0.29) is 0 Å². The van der Waals surface area contributed by atoms with E-state index < -0.39 is 11.9 Å². The van der Waals surface area contributed by atoms with Gasteiger partial charge in [0, 0.05) is 0 Å². The van der Waals surface area contributed by atoms with E-state index in [2.05, 4.69) is 0 Å². The average molecular weight is 178 g/mol. The van der Waals surface area contributed by atoms with Crippen molar-refractivity contribution in [3.8, 4) is 0 Å². The summed E-state index contributed by atoms with van der Waals surface area (Å²) in [6.07, 6.45) is 0.858. The third kappa shape index (κ3) is 2.06. The van der Waals surface area contributed by atoms with Gasteiger partial charge >= 0.3 is 0 Å². The Labute approximate surface area is 77.7 Å². The van der Waals surface area contributed by atoms with Gasteiger partial charge in [0.15, 0.2) is 0 Å². The first-order chi connectivity index (χ1) is 6.16. The monoisotopic (exact) mass is 178 g/mol. The van der Waals surface area contributed by atoms with Crippen molar-refractivity contribution < 1.29 is 4.79 Å². The minimum absolute atomic E-state index is 0.485. The molecule has 0 radical (unpaired) electrons. The standard InChI is InChI=1S/C10H14N2O/c1-2-7-5-3-4-6-8(7)9(11)10(12)13/h3-6,9H,2,11H2,1H3,(H2,12,13). The van der Waals surface area contributed by atoms with E-state index in [1.807, 2.05) is 31.2 Å². The van der Waals surface area contributed by atoms with Crippen LogP contribution in [0.1, 0.15) is 24.1 Å². The van der Waals surface area contributed by atoms with E-state index in [9.17, 15) is 4.79 Å². The number of aryl methyl sites for hydroxylation is 1. The van der Waals surface area contributed by atoms with Gasteiger partial charge in [0.05, 0.1) is 0 Å². The number of hydrogen-bond acceptors (Lipinski definition) is 2. The molecule has 1 amide bonds. The number of carbonyl (C=O) groups excluding carboxylic acids is 1. The SMILES string of the molecule is CCc1ccccc1C(N)C(N)=O. The van der Waals surface area contributed by atoms with Crippen molar-refractivity contribution in [1.29, 1.82) is 0 Å². The fraction of sp³-hybridized carbons (Fsp3) is 0.300. The number of carbonyl (C=O) groups is 1. The van der Waals surface area contributed by atoms with Crippen LogP contribution in [0.25, 0.3) is 0 Å². The summed E-state index contributed by atoms with van der Waals surface area (Å²) in [6, 6.07) is 6.90. The topological polar surface area (TPSA) is 69.1 Å². The van der Waals surface area contributed by atoms with Crippen molar-refractivity contribution in [3.05, 3.63) is 35.4 Å². The Balaban J connectivity index is 3.05. The molecular formula is C10H14N2O. The Morgan fingerprint density at radius 2 is 2.08 bits per heavy atom. The molecule has 1 atom stereocenters. The third-order valence-corrected chi connectivity index (χ3v) is 2.08. The molecule has 4 N–H and O–H groups in total. The second-order valence-corrected chi connectivity index (χ2v) is 2.93. The van der Waals surface area contributed by atoms with Crippen LogP contribution in [0.2, 0.25) is 0 Å². The van der Waals surface area contributed by atoms with Gasteiger partial charge in [-0.05, 0) is 17.5 Å². The molecule has 0 bridgehead atoms. The van der Waals surface area contributed by atoms with Crippen LogP contribution in [0.3, 0.4) is 0 Å². The highest BCUT2D eigenvalue weighted by atomic mass is 16.1. The summed E-state index contributed by atoms with van der Waals surface area (Å²) in [5.41, 5.74) is 12.7.